The van der Waals surface area contributed by atoms with Gasteiger partial charge in [-0.25, -0.2) is 13.8 Å². The number of nitrogens with two attached hydrogens (primary N) is 1. The molecule has 184 valence electrons. The predicted octanol–water partition coefficient (Wildman–Crippen LogP) is 3.85. The number of rotatable bonds is 6. The number of nitrogens with one attached hydrogen (secondary N) is 1. The first-order valence-corrected chi connectivity index (χ1v) is 10.9. The maximum atomic E-state index is 14.2. The molecule has 1 amide bonds. The zero-order valence-corrected chi connectivity index (χ0v) is 19.5. The zero-order valence-electron chi connectivity index (χ0n) is 19.5. The molecule has 1 atom stereocenters. The van der Waals surface area contributed by atoms with Crippen molar-refractivity contribution in [3.63, 3.8) is 0 Å². The fraction of sp³-hybridized carbons (Fsp3) is 0.280. The van der Waals surface area contributed by atoms with E-state index in [0.717, 1.165) is 6.07 Å². The van der Waals surface area contributed by atoms with Crippen LogP contribution in [0.3, 0.4) is 0 Å². The van der Waals surface area contributed by atoms with Gasteiger partial charge in [-0.15, -0.1) is 0 Å². The summed E-state index contributed by atoms with van der Waals surface area (Å²) in [5, 5.41) is 13.2. The van der Waals surface area contributed by atoms with Crippen LogP contribution in [0.4, 0.5) is 26.0 Å². The van der Waals surface area contributed by atoms with Crippen molar-refractivity contribution in [1.29, 1.82) is 0 Å². The maximum Gasteiger partial charge on any atom is 0.251 e. The summed E-state index contributed by atoms with van der Waals surface area (Å²) >= 11 is 0. The molecular formula is C25H26F2N4O4. The number of ether oxygens (including phenoxy) is 2. The van der Waals surface area contributed by atoms with Gasteiger partial charge in [-0.2, -0.15) is 0 Å². The Morgan fingerprint density at radius 1 is 1.23 bits per heavy atom. The lowest BCUT2D eigenvalue weighted by Gasteiger charge is -2.21. The number of hydrogen-bond donors (Lipinski definition) is 3. The van der Waals surface area contributed by atoms with Crippen LogP contribution < -0.4 is 16.0 Å². The number of nitrogen functional groups attached to an aromatic ring is 1. The molecule has 2 heterocycles. The van der Waals surface area contributed by atoms with Gasteiger partial charge in [0.2, 0.25) is 0 Å². The van der Waals surface area contributed by atoms with Crippen LogP contribution in [0.5, 0.6) is 5.75 Å². The van der Waals surface area contributed by atoms with Crippen molar-refractivity contribution in [3.05, 3.63) is 65.7 Å². The number of phenolic OH excluding ortho intramolecular Hbond substituents is 1. The Balaban J connectivity index is 1.51. The van der Waals surface area contributed by atoms with Gasteiger partial charge in [0.15, 0.2) is 11.9 Å². The Labute approximate surface area is 201 Å². The summed E-state index contributed by atoms with van der Waals surface area (Å²) in [7, 11) is 1.63. The monoisotopic (exact) mass is 484 g/mol. The van der Waals surface area contributed by atoms with E-state index in [1.807, 2.05) is 0 Å². The van der Waals surface area contributed by atoms with Gasteiger partial charge in [-0.1, -0.05) is 6.07 Å². The van der Waals surface area contributed by atoms with Crippen LogP contribution in [0.1, 0.15) is 19.4 Å². The fourth-order valence-corrected chi connectivity index (χ4v) is 3.75. The van der Waals surface area contributed by atoms with Gasteiger partial charge in [-0.05, 0) is 50.2 Å². The summed E-state index contributed by atoms with van der Waals surface area (Å²) in [6.45, 7) is 3.77. The largest absolute Gasteiger partial charge is 0.507 e. The van der Waals surface area contributed by atoms with Gasteiger partial charge >= 0.3 is 0 Å². The summed E-state index contributed by atoms with van der Waals surface area (Å²) in [5.41, 5.74) is 8.18. The molecule has 0 unspecified atom stereocenters. The maximum absolute atomic E-state index is 14.2. The van der Waals surface area contributed by atoms with E-state index in [4.69, 9.17) is 15.2 Å². The second-order valence-corrected chi connectivity index (χ2v) is 8.63. The molecule has 0 saturated carbocycles. The van der Waals surface area contributed by atoms with Gasteiger partial charge < -0.3 is 30.5 Å². The second-order valence-electron chi connectivity index (χ2n) is 8.63. The number of benzene rings is 2. The molecule has 3 aromatic rings. The molecular weight excluding hydrogens is 458 g/mol. The second kappa shape index (κ2) is 9.47. The van der Waals surface area contributed by atoms with E-state index in [0.29, 0.717) is 22.5 Å². The van der Waals surface area contributed by atoms with E-state index >= 15 is 0 Å². The molecule has 8 nitrogen and oxygen atoms in total. The first kappa shape index (κ1) is 24.4. The molecule has 1 fully saturated rings. The number of halogens is 2. The molecule has 0 aliphatic carbocycles. The lowest BCUT2D eigenvalue weighted by Crippen LogP contribution is -2.37. The van der Waals surface area contributed by atoms with Crippen molar-refractivity contribution in [3.8, 4) is 17.0 Å². The van der Waals surface area contributed by atoms with Crippen molar-refractivity contribution < 1.29 is 28.2 Å². The normalized spacial score (nSPS) is 16.8. The van der Waals surface area contributed by atoms with E-state index in [2.05, 4.69) is 10.3 Å². The van der Waals surface area contributed by atoms with Gasteiger partial charge in [0.1, 0.15) is 23.2 Å². The molecule has 1 saturated heterocycles. The summed E-state index contributed by atoms with van der Waals surface area (Å²) in [6.07, 6.45) is -0.707. The Hall–Kier alpha value is -3.76. The van der Waals surface area contributed by atoms with E-state index in [-0.39, 0.29) is 36.3 Å². The van der Waals surface area contributed by atoms with Crippen molar-refractivity contribution in [2.45, 2.75) is 32.3 Å². The number of anilines is 3. The van der Waals surface area contributed by atoms with Crippen molar-refractivity contribution in [2.24, 2.45) is 0 Å². The first-order chi connectivity index (χ1) is 16.5. The lowest BCUT2D eigenvalue weighted by atomic mass is 10.1. The van der Waals surface area contributed by atoms with Crippen molar-refractivity contribution in [1.82, 2.24) is 10.3 Å². The average Bonchev–Trinajstić information content (AvgIpc) is 3.17. The fourth-order valence-electron chi connectivity index (χ4n) is 3.75. The standard InChI is InChI=1S/C25H26F2N4O4/c1-25(2)34-13-22(35-25)24(33)29-12-14-4-7-19(30-23(14)28)17-11-16(6-9-21(17)32)31(3)20-8-5-15(26)10-18(20)27/h4-11,22,32H,12-13H2,1-3H3,(H2,28,30)(H,29,33)/t22-/m0/s1. The molecule has 1 aliphatic rings. The average molecular weight is 485 g/mol. The number of aromatic nitrogens is 1. The highest BCUT2D eigenvalue weighted by atomic mass is 19.1. The molecule has 1 aromatic heterocycles. The summed E-state index contributed by atoms with van der Waals surface area (Å²) < 4.78 is 38.5. The lowest BCUT2D eigenvalue weighted by molar-refractivity contribution is -0.153. The molecule has 2 aromatic carbocycles. The molecule has 1 aliphatic heterocycles. The highest BCUT2D eigenvalue weighted by molar-refractivity contribution is 5.81. The molecule has 0 bridgehead atoms. The highest BCUT2D eigenvalue weighted by Gasteiger charge is 2.36. The number of hydrogen-bond acceptors (Lipinski definition) is 7. The van der Waals surface area contributed by atoms with Gasteiger partial charge in [0.25, 0.3) is 5.91 Å². The number of carbonyl (C=O) groups is 1. The number of carbonyl (C=O) groups excluding carboxylic acids is 1. The highest BCUT2D eigenvalue weighted by Crippen LogP contribution is 2.35. The molecule has 10 heteroatoms. The van der Waals surface area contributed by atoms with Crippen molar-refractivity contribution >= 4 is 23.1 Å². The predicted molar refractivity (Wildman–Crippen MR) is 127 cm³/mol. The molecule has 0 spiro atoms. The van der Waals surface area contributed by atoms with Crippen LogP contribution >= 0.6 is 0 Å². The number of nitrogens with zero attached hydrogens (tertiary/aromatic N) is 2. The van der Waals surface area contributed by atoms with Gasteiger partial charge in [0.05, 0.1) is 18.0 Å². The number of pyridine rings is 1. The number of phenols is 1. The van der Waals surface area contributed by atoms with E-state index in [9.17, 15) is 18.7 Å². The Morgan fingerprint density at radius 2 is 2.00 bits per heavy atom. The summed E-state index contributed by atoms with van der Waals surface area (Å²) in [4.78, 5) is 18.3. The minimum absolute atomic E-state index is 0.0457. The summed E-state index contributed by atoms with van der Waals surface area (Å²) in [5.74, 6) is -2.38. The molecule has 0 radical (unpaired) electrons. The Bertz CT molecular complexity index is 1270. The third kappa shape index (κ3) is 5.33. The summed E-state index contributed by atoms with van der Waals surface area (Å²) in [6, 6.07) is 11.4. The van der Waals surface area contributed by atoms with Crippen LogP contribution in [0.15, 0.2) is 48.5 Å². The molecule has 35 heavy (non-hydrogen) atoms. The van der Waals surface area contributed by atoms with Crippen LogP contribution in [0, 0.1) is 11.6 Å². The Morgan fingerprint density at radius 3 is 2.66 bits per heavy atom. The molecule has 4 N–H and O–H groups in total. The smallest absolute Gasteiger partial charge is 0.251 e. The van der Waals surface area contributed by atoms with Crippen LogP contribution in [-0.2, 0) is 20.8 Å². The SMILES string of the molecule is CN(c1ccc(O)c(-c2ccc(CNC(=O)[C@@H]3COC(C)(C)O3)c(N)n2)c1)c1ccc(F)cc1F. The van der Waals surface area contributed by atoms with Crippen LogP contribution in [0.25, 0.3) is 11.3 Å². The van der Waals surface area contributed by atoms with Gasteiger partial charge in [0, 0.05) is 36.5 Å². The van der Waals surface area contributed by atoms with Crippen LogP contribution in [0.2, 0.25) is 0 Å². The third-order valence-corrected chi connectivity index (χ3v) is 5.68. The first-order valence-electron chi connectivity index (χ1n) is 10.9. The minimum atomic E-state index is -0.808. The topological polar surface area (TPSA) is 110 Å². The molecule has 4 rings (SSSR count). The van der Waals surface area contributed by atoms with Crippen molar-refractivity contribution in [2.75, 3.05) is 24.3 Å². The minimum Gasteiger partial charge on any atom is -0.507 e. The van der Waals surface area contributed by atoms with E-state index < -0.39 is 23.5 Å². The van der Waals surface area contributed by atoms with Gasteiger partial charge in [-0.3, -0.25) is 4.79 Å². The zero-order chi connectivity index (χ0) is 25.3. The van der Waals surface area contributed by atoms with E-state index in [1.165, 1.54) is 23.1 Å². The van der Waals surface area contributed by atoms with E-state index in [1.54, 1.807) is 45.2 Å². The number of aromatic hydroxyl groups is 1. The number of amides is 1. The van der Waals surface area contributed by atoms with Crippen LogP contribution in [-0.4, -0.2) is 41.5 Å². The quantitative estimate of drug-likeness (QED) is 0.488. The Kier molecular flexibility index (Phi) is 6.60. The third-order valence-electron chi connectivity index (χ3n) is 5.68.